The zero-order valence-electron chi connectivity index (χ0n) is 14.5. The number of rotatable bonds is 6. The van der Waals surface area contributed by atoms with E-state index in [0.29, 0.717) is 0 Å². The van der Waals surface area contributed by atoms with Crippen LogP contribution in [0.2, 0.25) is 0 Å². The SMILES string of the molecule is C=CCCc1ccccc1.CC.CCCCc1cccnc1. The smallest absolute Gasteiger partial charge is 0.0299 e. The van der Waals surface area contributed by atoms with Crippen molar-refractivity contribution in [1.29, 1.82) is 0 Å². The standard InChI is InChI=1S/C10H12.C9H13N.C2H6/c1-2-3-7-10-8-5-4-6-9-10;1-2-3-5-9-6-4-7-10-8-9;1-2/h2,4-6,8-9H,1,3,7H2;4,6-8H,2-3,5H2,1H3;1-2H3. The number of allylic oxidation sites excluding steroid dienone is 1. The van der Waals surface area contributed by atoms with Gasteiger partial charge in [0, 0.05) is 12.4 Å². The Balaban J connectivity index is 0.000000360. The van der Waals surface area contributed by atoms with Crippen molar-refractivity contribution in [3.8, 4) is 0 Å². The second kappa shape index (κ2) is 15.5. The van der Waals surface area contributed by atoms with E-state index in [1.807, 2.05) is 44.4 Å². The van der Waals surface area contributed by atoms with Crippen molar-refractivity contribution in [1.82, 2.24) is 4.98 Å². The Morgan fingerprint density at radius 1 is 0.955 bits per heavy atom. The highest BCUT2D eigenvalue weighted by molar-refractivity contribution is 5.15. The number of benzene rings is 1. The fourth-order valence-electron chi connectivity index (χ4n) is 1.84. The third-order valence-electron chi connectivity index (χ3n) is 3.02. The molecular weight excluding hydrogens is 266 g/mol. The van der Waals surface area contributed by atoms with E-state index in [2.05, 4.69) is 48.8 Å². The number of unbranched alkanes of at least 4 members (excludes halogenated alkanes) is 1. The molecule has 22 heavy (non-hydrogen) atoms. The highest BCUT2D eigenvalue weighted by Crippen LogP contribution is 2.02. The minimum absolute atomic E-state index is 1.07. The van der Waals surface area contributed by atoms with Crippen molar-refractivity contribution >= 4 is 0 Å². The largest absolute Gasteiger partial charge is 0.264 e. The van der Waals surface area contributed by atoms with Crippen molar-refractivity contribution < 1.29 is 0 Å². The molecule has 0 aliphatic rings. The second-order valence-electron chi connectivity index (χ2n) is 4.78. The number of aromatic nitrogens is 1. The lowest BCUT2D eigenvalue weighted by Crippen LogP contribution is -1.83. The summed E-state index contributed by atoms with van der Waals surface area (Å²) in [7, 11) is 0. The van der Waals surface area contributed by atoms with Crippen LogP contribution in [0.4, 0.5) is 0 Å². The summed E-state index contributed by atoms with van der Waals surface area (Å²) < 4.78 is 0. The molecule has 0 spiro atoms. The highest BCUT2D eigenvalue weighted by atomic mass is 14.6. The third kappa shape index (κ3) is 10.8. The number of hydrogen-bond donors (Lipinski definition) is 0. The zero-order chi connectivity index (χ0) is 16.5. The highest BCUT2D eigenvalue weighted by Gasteiger charge is 1.88. The molecule has 120 valence electrons. The Morgan fingerprint density at radius 2 is 1.64 bits per heavy atom. The third-order valence-corrected chi connectivity index (χ3v) is 3.02. The van der Waals surface area contributed by atoms with E-state index in [9.17, 15) is 0 Å². The van der Waals surface area contributed by atoms with Gasteiger partial charge in [0.25, 0.3) is 0 Å². The Hall–Kier alpha value is -1.89. The van der Waals surface area contributed by atoms with Gasteiger partial charge in [-0.25, -0.2) is 0 Å². The summed E-state index contributed by atoms with van der Waals surface area (Å²) in [6, 6.07) is 14.6. The molecule has 0 saturated heterocycles. The summed E-state index contributed by atoms with van der Waals surface area (Å²) in [6.45, 7) is 9.88. The van der Waals surface area contributed by atoms with E-state index in [-0.39, 0.29) is 0 Å². The maximum absolute atomic E-state index is 4.04. The van der Waals surface area contributed by atoms with Crippen molar-refractivity contribution in [3.05, 3.63) is 78.6 Å². The molecule has 0 unspecified atom stereocenters. The first-order valence-corrected chi connectivity index (χ1v) is 8.40. The van der Waals surface area contributed by atoms with E-state index in [1.165, 1.54) is 30.4 Å². The molecule has 2 rings (SSSR count). The fraction of sp³-hybridized carbons (Fsp3) is 0.381. The van der Waals surface area contributed by atoms with Gasteiger partial charge in [-0.2, -0.15) is 0 Å². The van der Waals surface area contributed by atoms with Crippen LogP contribution >= 0.6 is 0 Å². The zero-order valence-corrected chi connectivity index (χ0v) is 14.5. The topological polar surface area (TPSA) is 12.9 Å². The minimum Gasteiger partial charge on any atom is -0.264 e. The van der Waals surface area contributed by atoms with Crippen LogP contribution in [0.1, 0.15) is 51.2 Å². The predicted octanol–water partition coefficient (Wildman–Crippen LogP) is 6.26. The summed E-state index contributed by atoms with van der Waals surface area (Å²) in [5.74, 6) is 0. The van der Waals surface area contributed by atoms with Crippen LogP contribution in [0, 0.1) is 0 Å². The van der Waals surface area contributed by atoms with Gasteiger partial charge in [-0.15, -0.1) is 6.58 Å². The van der Waals surface area contributed by atoms with Gasteiger partial charge in [0.15, 0.2) is 0 Å². The molecule has 0 aliphatic heterocycles. The first kappa shape index (κ1) is 20.1. The first-order chi connectivity index (χ1) is 10.9. The van der Waals surface area contributed by atoms with Gasteiger partial charge in [-0.3, -0.25) is 4.98 Å². The first-order valence-electron chi connectivity index (χ1n) is 8.40. The van der Waals surface area contributed by atoms with Crippen molar-refractivity contribution in [2.24, 2.45) is 0 Å². The molecule has 0 saturated carbocycles. The Kier molecular flexibility index (Phi) is 14.2. The van der Waals surface area contributed by atoms with Crippen LogP contribution in [-0.4, -0.2) is 4.98 Å². The quantitative estimate of drug-likeness (QED) is 0.574. The molecular formula is C21H31N. The molecule has 0 aliphatic carbocycles. The molecule has 0 radical (unpaired) electrons. The summed E-state index contributed by atoms with van der Waals surface area (Å²) >= 11 is 0. The lowest BCUT2D eigenvalue weighted by Gasteiger charge is -1.95. The molecule has 0 amide bonds. The van der Waals surface area contributed by atoms with Gasteiger partial charge in [-0.1, -0.05) is 69.7 Å². The van der Waals surface area contributed by atoms with Crippen LogP contribution in [0.25, 0.3) is 0 Å². The van der Waals surface area contributed by atoms with Crippen LogP contribution in [0.3, 0.4) is 0 Å². The summed E-state index contributed by atoms with van der Waals surface area (Å²) in [5, 5.41) is 0. The average Bonchev–Trinajstić information content (AvgIpc) is 2.62. The maximum Gasteiger partial charge on any atom is 0.0299 e. The van der Waals surface area contributed by atoms with Gasteiger partial charge in [0.2, 0.25) is 0 Å². The van der Waals surface area contributed by atoms with Crippen LogP contribution < -0.4 is 0 Å². The lowest BCUT2D eigenvalue weighted by molar-refractivity contribution is 0.792. The molecule has 1 aromatic carbocycles. The number of hydrogen-bond acceptors (Lipinski definition) is 1. The summed E-state index contributed by atoms with van der Waals surface area (Å²) in [4.78, 5) is 4.04. The Bertz CT molecular complexity index is 448. The predicted molar refractivity (Wildman–Crippen MR) is 99.2 cm³/mol. The van der Waals surface area contributed by atoms with E-state index in [0.717, 1.165) is 12.8 Å². The Labute approximate surface area is 137 Å². The molecule has 1 heteroatoms. The molecule has 1 nitrogen and oxygen atoms in total. The van der Waals surface area contributed by atoms with Crippen molar-refractivity contribution in [2.45, 2.75) is 52.9 Å². The van der Waals surface area contributed by atoms with Crippen molar-refractivity contribution in [2.75, 3.05) is 0 Å². The van der Waals surface area contributed by atoms with Gasteiger partial charge in [0.1, 0.15) is 0 Å². The van der Waals surface area contributed by atoms with Crippen LogP contribution in [0.5, 0.6) is 0 Å². The van der Waals surface area contributed by atoms with Crippen LogP contribution in [0.15, 0.2) is 67.5 Å². The molecule has 0 atom stereocenters. The van der Waals surface area contributed by atoms with E-state index >= 15 is 0 Å². The Morgan fingerprint density at radius 3 is 2.18 bits per heavy atom. The van der Waals surface area contributed by atoms with Gasteiger partial charge in [0.05, 0.1) is 0 Å². The summed E-state index contributed by atoms with van der Waals surface area (Å²) in [5.41, 5.74) is 2.74. The second-order valence-corrected chi connectivity index (χ2v) is 4.78. The molecule has 1 aromatic heterocycles. The number of aryl methyl sites for hydroxylation is 2. The monoisotopic (exact) mass is 297 g/mol. The van der Waals surface area contributed by atoms with E-state index in [4.69, 9.17) is 0 Å². The normalized spacial score (nSPS) is 8.86. The van der Waals surface area contributed by atoms with Gasteiger partial charge < -0.3 is 0 Å². The van der Waals surface area contributed by atoms with E-state index < -0.39 is 0 Å². The van der Waals surface area contributed by atoms with Gasteiger partial charge >= 0.3 is 0 Å². The molecule has 0 N–H and O–H groups in total. The molecule has 0 bridgehead atoms. The number of nitrogens with zero attached hydrogens (tertiary/aromatic N) is 1. The van der Waals surface area contributed by atoms with Gasteiger partial charge in [-0.05, 0) is 42.9 Å². The summed E-state index contributed by atoms with van der Waals surface area (Å²) in [6.07, 6.45) is 11.6. The van der Waals surface area contributed by atoms with Crippen LogP contribution in [-0.2, 0) is 12.8 Å². The minimum atomic E-state index is 1.07. The molecule has 2 aromatic rings. The van der Waals surface area contributed by atoms with E-state index in [1.54, 1.807) is 0 Å². The molecule has 0 fully saturated rings. The average molecular weight is 297 g/mol. The number of pyridine rings is 1. The lowest BCUT2D eigenvalue weighted by atomic mass is 10.1. The fourth-order valence-corrected chi connectivity index (χ4v) is 1.84. The van der Waals surface area contributed by atoms with Crippen molar-refractivity contribution in [3.63, 3.8) is 0 Å². The molecule has 1 heterocycles. The maximum atomic E-state index is 4.04.